The third-order valence-electron chi connectivity index (χ3n) is 2.89. The van der Waals surface area contributed by atoms with Gasteiger partial charge in [-0.2, -0.15) is 0 Å². The number of hydrogen-bond acceptors (Lipinski definition) is 5. The van der Waals surface area contributed by atoms with Gasteiger partial charge in [-0.1, -0.05) is 5.16 Å². The van der Waals surface area contributed by atoms with Crippen LogP contribution in [0.4, 0.5) is 0 Å². The van der Waals surface area contributed by atoms with Crippen LogP contribution in [-0.2, 0) is 4.84 Å². The van der Waals surface area contributed by atoms with E-state index in [0.717, 1.165) is 17.7 Å². The molecule has 0 spiro atoms. The summed E-state index contributed by atoms with van der Waals surface area (Å²) >= 11 is 0. The number of benzene rings is 1. The van der Waals surface area contributed by atoms with Crippen LogP contribution in [0.5, 0.6) is 17.2 Å². The van der Waals surface area contributed by atoms with Crippen LogP contribution in [0, 0.1) is 0 Å². The van der Waals surface area contributed by atoms with Crippen LogP contribution in [0.1, 0.15) is 25.0 Å². The van der Waals surface area contributed by atoms with Crippen molar-refractivity contribution >= 4 is 5.71 Å². The average Bonchev–Trinajstić information content (AvgIpc) is 2.83. The topological polar surface area (TPSA) is 49.3 Å². The van der Waals surface area contributed by atoms with Crippen molar-refractivity contribution in [3.63, 3.8) is 0 Å². The summed E-state index contributed by atoms with van der Waals surface area (Å²) in [6.07, 6.45) is 0.569. The third kappa shape index (κ3) is 2.20. The summed E-state index contributed by atoms with van der Waals surface area (Å²) in [5.74, 6) is 2.05. The molecule has 0 unspecified atom stereocenters. The summed E-state index contributed by atoms with van der Waals surface area (Å²) in [7, 11) is 4.83. The molecule has 0 saturated heterocycles. The van der Waals surface area contributed by atoms with Gasteiger partial charge in [0.15, 0.2) is 6.10 Å². The van der Waals surface area contributed by atoms with Crippen molar-refractivity contribution in [2.45, 2.75) is 19.4 Å². The molecule has 1 aromatic rings. The first-order valence-electron chi connectivity index (χ1n) is 5.68. The van der Waals surface area contributed by atoms with Crippen molar-refractivity contribution in [2.24, 2.45) is 5.16 Å². The first-order valence-corrected chi connectivity index (χ1v) is 5.68. The molecule has 0 aliphatic carbocycles. The number of ether oxygens (including phenoxy) is 3. The Morgan fingerprint density at radius 1 is 1.11 bits per heavy atom. The Bertz CT molecular complexity index is 445. The number of hydrogen-bond donors (Lipinski definition) is 0. The molecule has 1 aliphatic rings. The average molecular weight is 251 g/mol. The highest BCUT2D eigenvalue weighted by atomic mass is 16.6. The van der Waals surface area contributed by atoms with Crippen LogP contribution in [0.25, 0.3) is 0 Å². The van der Waals surface area contributed by atoms with Crippen LogP contribution in [0.15, 0.2) is 17.3 Å². The zero-order chi connectivity index (χ0) is 13.1. The molecule has 1 heterocycles. The number of rotatable bonds is 4. The van der Waals surface area contributed by atoms with Gasteiger partial charge in [0, 0.05) is 18.6 Å². The Labute approximate surface area is 106 Å². The summed E-state index contributed by atoms with van der Waals surface area (Å²) in [5, 5.41) is 3.96. The maximum Gasteiger partial charge on any atom is 0.165 e. The lowest BCUT2D eigenvalue weighted by Crippen LogP contribution is -2.04. The summed E-state index contributed by atoms with van der Waals surface area (Å²) in [6, 6.07) is 3.63. The molecule has 18 heavy (non-hydrogen) atoms. The van der Waals surface area contributed by atoms with E-state index in [1.165, 1.54) is 0 Å². The predicted molar refractivity (Wildman–Crippen MR) is 67.7 cm³/mol. The van der Waals surface area contributed by atoms with Gasteiger partial charge in [0.05, 0.1) is 32.6 Å². The fourth-order valence-corrected chi connectivity index (χ4v) is 2.00. The lowest BCUT2D eigenvalue weighted by Gasteiger charge is -2.18. The van der Waals surface area contributed by atoms with E-state index >= 15 is 0 Å². The molecule has 0 amide bonds. The van der Waals surface area contributed by atoms with Crippen LogP contribution in [0.2, 0.25) is 0 Å². The molecule has 0 fully saturated rings. The SMILES string of the molecule is COc1cc(OC)c([C@H]2CC(C)=NO2)c(OC)c1. The zero-order valence-corrected chi connectivity index (χ0v) is 11.0. The van der Waals surface area contributed by atoms with Crippen molar-refractivity contribution in [3.05, 3.63) is 17.7 Å². The Balaban J connectivity index is 2.44. The van der Waals surface area contributed by atoms with Crippen LogP contribution < -0.4 is 14.2 Å². The van der Waals surface area contributed by atoms with Crippen molar-refractivity contribution in [1.82, 2.24) is 0 Å². The van der Waals surface area contributed by atoms with E-state index in [4.69, 9.17) is 19.0 Å². The lowest BCUT2D eigenvalue weighted by atomic mass is 10.0. The number of nitrogens with zero attached hydrogens (tertiary/aromatic N) is 1. The Morgan fingerprint density at radius 3 is 2.11 bits per heavy atom. The van der Waals surface area contributed by atoms with Gasteiger partial charge in [0.2, 0.25) is 0 Å². The molecule has 0 radical (unpaired) electrons. The summed E-state index contributed by atoms with van der Waals surface area (Å²) < 4.78 is 16.0. The molecule has 1 aliphatic heterocycles. The highest BCUT2D eigenvalue weighted by Gasteiger charge is 2.28. The molecule has 0 saturated carbocycles. The van der Waals surface area contributed by atoms with Crippen molar-refractivity contribution in [1.29, 1.82) is 0 Å². The molecule has 1 atom stereocenters. The minimum atomic E-state index is -0.166. The second kappa shape index (κ2) is 5.16. The van der Waals surface area contributed by atoms with Gasteiger partial charge >= 0.3 is 0 Å². The zero-order valence-electron chi connectivity index (χ0n) is 11.0. The van der Waals surface area contributed by atoms with Crippen LogP contribution in [-0.4, -0.2) is 27.0 Å². The van der Waals surface area contributed by atoms with Gasteiger partial charge in [-0.15, -0.1) is 0 Å². The number of oxime groups is 1. The Morgan fingerprint density at radius 2 is 1.72 bits per heavy atom. The van der Waals surface area contributed by atoms with E-state index in [9.17, 15) is 0 Å². The van der Waals surface area contributed by atoms with Gasteiger partial charge in [-0.25, -0.2) is 0 Å². The standard InChI is InChI=1S/C13H17NO4/c1-8-5-12(18-14-8)13-10(16-3)6-9(15-2)7-11(13)17-4/h6-7,12H,5H2,1-4H3/t12-/m1/s1. The molecule has 0 N–H and O–H groups in total. The molecular formula is C13H17NO4. The molecule has 5 nitrogen and oxygen atoms in total. The monoisotopic (exact) mass is 251 g/mol. The molecule has 0 bridgehead atoms. The highest BCUT2D eigenvalue weighted by molar-refractivity contribution is 5.83. The molecule has 98 valence electrons. The minimum Gasteiger partial charge on any atom is -0.496 e. The van der Waals surface area contributed by atoms with Gasteiger partial charge in [-0.05, 0) is 6.92 Å². The fraction of sp³-hybridized carbons (Fsp3) is 0.462. The lowest BCUT2D eigenvalue weighted by molar-refractivity contribution is 0.0814. The number of methoxy groups -OCH3 is 3. The summed E-state index contributed by atoms with van der Waals surface area (Å²) in [4.78, 5) is 5.40. The summed E-state index contributed by atoms with van der Waals surface area (Å²) in [5.41, 5.74) is 1.82. The normalized spacial score (nSPS) is 18.0. The highest BCUT2D eigenvalue weighted by Crippen LogP contribution is 2.42. The van der Waals surface area contributed by atoms with E-state index < -0.39 is 0 Å². The van der Waals surface area contributed by atoms with Gasteiger partial charge in [0.25, 0.3) is 0 Å². The van der Waals surface area contributed by atoms with Gasteiger partial charge < -0.3 is 19.0 Å². The second-order valence-corrected chi connectivity index (χ2v) is 4.07. The van der Waals surface area contributed by atoms with Crippen molar-refractivity contribution in [3.8, 4) is 17.2 Å². The molecular weight excluding hydrogens is 234 g/mol. The first kappa shape index (κ1) is 12.5. The van der Waals surface area contributed by atoms with Gasteiger partial charge in [0.1, 0.15) is 17.2 Å². The van der Waals surface area contributed by atoms with Gasteiger partial charge in [-0.3, -0.25) is 0 Å². The first-order chi connectivity index (χ1) is 8.69. The van der Waals surface area contributed by atoms with E-state index in [-0.39, 0.29) is 6.10 Å². The molecule has 2 rings (SSSR count). The molecule has 1 aromatic carbocycles. The van der Waals surface area contributed by atoms with Crippen LogP contribution in [0.3, 0.4) is 0 Å². The molecule has 0 aromatic heterocycles. The summed E-state index contributed by atoms with van der Waals surface area (Å²) in [6.45, 7) is 1.93. The quantitative estimate of drug-likeness (QED) is 0.825. The maximum absolute atomic E-state index is 5.40. The largest absolute Gasteiger partial charge is 0.496 e. The predicted octanol–water partition coefficient (Wildman–Crippen LogP) is 2.55. The fourth-order valence-electron chi connectivity index (χ4n) is 2.00. The van der Waals surface area contributed by atoms with E-state index in [0.29, 0.717) is 17.2 Å². The third-order valence-corrected chi connectivity index (χ3v) is 2.89. The van der Waals surface area contributed by atoms with Crippen LogP contribution >= 0.6 is 0 Å². The Hall–Kier alpha value is -1.91. The minimum absolute atomic E-state index is 0.166. The maximum atomic E-state index is 5.40. The second-order valence-electron chi connectivity index (χ2n) is 4.07. The Kier molecular flexibility index (Phi) is 3.60. The van der Waals surface area contributed by atoms with E-state index in [2.05, 4.69) is 5.16 Å². The smallest absolute Gasteiger partial charge is 0.165 e. The van der Waals surface area contributed by atoms with Crippen molar-refractivity contribution < 1.29 is 19.0 Å². The van der Waals surface area contributed by atoms with E-state index in [1.54, 1.807) is 21.3 Å². The van der Waals surface area contributed by atoms with E-state index in [1.807, 2.05) is 19.1 Å². The van der Waals surface area contributed by atoms with Crippen molar-refractivity contribution in [2.75, 3.05) is 21.3 Å². The molecule has 5 heteroatoms.